The van der Waals surface area contributed by atoms with Crippen molar-refractivity contribution < 1.29 is 22.4 Å². The molecular formula is C12H13F2N3O2. The van der Waals surface area contributed by atoms with Crippen LogP contribution in [0, 0.1) is 0 Å². The number of nitrogen functional groups attached to an aromatic ring is 1. The molecule has 19 heavy (non-hydrogen) atoms. The molecule has 0 aliphatic carbocycles. The lowest BCUT2D eigenvalue weighted by molar-refractivity contribution is 0.319. The Morgan fingerprint density at radius 3 is 2.68 bits per heavy atom. The maximum Gasteiger partial charge on any atom is 0.312 e. The Kier molecular flexibility index (Phi) is 2.40. The first kappa shape index (κ1) is 9.60. The summed E-state index contributed by atoms with van der Waals surface area (Å²) in [5.74, 6) is -0.852. The summed E-state index contributed by atoms with van der Waals surface area (Å²) in [7, 11) is 2.35. The minimum Gasteiger partial charge on any atom is -0.495 e. The van der Waals surface area contributed by atoms with Crippen molar-refractivity contribution in [1.29, 1.82) is 0 Å². The van der Waals surface area contributed by atoms with Gasteiger partial charge in [0, 0.05) is 11.1 Å². The number of benzene rings is 1. The molecule has 0 unspecified atom stereocenters. The minimum absolute atomic E-state index is 0.0323. The van der Waals surface area contributed by atoms with Crippen LogP contribution in [0.5, 0.6) is 5.75 Å². The molecule has 1 aromatic carbocycles. The van der Waals surface area contributed by atoms with Crippen LogP contribution in [-0.4, -0.2) is 24.0 Å². The molecule has 1 heterocycles. The van der Waals surface area contributed by atoms with Crippen molar-refractivity contribution in [1.82, 2.24) is 9.78 Å². The molecular weight excluding hydrogens is 256 g/mol. The molecule has 0 aliphatic heterocycles. The van der Waals surface area contributed by atoms with E-state index in [4.69, 9.17) is 14.6 Å². The van der Waals surface area contributed by atoms with Crippen molar-refractivity contribution >= 4 is 22.5 Å². The first-order chi connectivity index (χ1) is 10.2. The average Bonchev–Trinajstić information content (AvgIpc) is 2.76. The Morgan fingerprint density at radius 1 is 1.42 bits per heavy atom. The zero-order valence-corrected chi connectivity index (χ0v) is 10.2. The molecule has 0 amide bonds. The van der Waals surface area contributed by atoms with Crippen molar-refractivity contribution in [2.24, 2.45) is 6.98 Å². The fraction of sp³-hybridized carbons (Fsp3) is 0.250. The van der Waals surface area contributed by atoms with Crippen molar-refractivity contribution in [3.63, 3.8) is 0 Å². The standard InChI is InChI=1S/C12H13F2N3O2/c1-17-7-5-4-6(10(19-3)11(13)14)9(18-2)8(7)12(15)16-17/h4-5H,1-3H3,(H2,15,16)/i1D3. The van der Waals surface area contributed by atoms with E-state index in [1.807, 2.05) is 0 Å². The number of rotatable bonds is 3. The zero-order chi connectivity index (χ0) is 16.7. The molecule has 5 nitrogen and oxygen atoms in total. The van der Waals surface area contributed by atoms with Gasteiger partial charge >= 0.3 is 6.08 Å². The third kappa shape index (κ3) is 1.96. The smallest absolute Gasteiger partial charge is 0.312 e. The van der Waals surface area contributed by atoms with E-state index in [-0.39, 0.29) is 28.0 Å². The van der Waals surface area contributed by atoms with E-state index < -0.39 is 18.8 Å². The Bertz CT molecular complexity index is 752. The second-order valence-corrected chi connectivity index (χ2v) is 3.63. The summed E-state index contributed by atoms with van der Waals surface area (Å²) in [6.07, 6.45) is -2.04. The van der Waals surface area contributed by atoms with E-state index in [1.54, 1.807) is 0 Å². The lowest BCUT2D eigenvalue weighted by Gasteiger charge is -2.11. The molecule has 0 aliphatic rings. The van der Waals surface area contributed by atoms with Gasteiger partial charge < -0.3 is 15.2 Å². The molecule has 0 spiro atoms. The maximum absolute atomic E-state index is 13.0. The molecule has 0 radical (unpaired) electrons. The van der Waals surface area contributed by atoms with Gasteiger partial charge in [0.05, 0.1) is 30.7 Å². The molecule has 2 N–H and O–H groups in total. The number of methoxy groups -OCH3 is 2. The van der Waals surface area contributed by atoms with Crippen molar-refractivity contribution in [3.8, 4) is 5.75 Å². The summed E-state index contributed by atoms with van der Waals surface area (Å²) in [6.45, 7) is -2.56. The molecule has 0 saturated carbocycles. The normalized spacial score (nSPS) is 13.6. The third-order valence-corrected chi connectivity index (χ3v) is 2.65. The highest BCUT2D eigenvalue weighted by atomic mass is 19.3. The van der Waals surface area contributed by atoms with E-state index in [0.29, 0.717) is 0 Å². The van der Waals surface area contributed by atoms with Gasteiger partial charge in [0.1, 0.15) is 5.75 Å². The van der Waals surface area contributed by atoms with Gasteiger partial charge in [-0.25, -0.2) is 0 Å². The van der Waals surface area contributed by atoms with Gasteiger partial charge in [-0.05, 0) is 12.1 Å². The van der Waals surface area contributed by atoms with Crippen LogP contribution in [0.25, 0.3) is 16.7 Å². The van der Waals surface area contributed by atoms with Gasteiger partial charge in [0.2, 0.25) is 0 Å². The monoisotopic (exact) mass is 272 g/mol. The third-order valence-electron chi connectivity index (χ3n) is 2.65. The first-order valence-corrected chi connectivity index (χ1v) is 5.17. The van der Waals surface area contributed by atoms with Crippen molar-refractivity contribution in [3.05, 3.63) is 23.8 Å². The summed E-state index contributed by atoms with van der Waals surface area (Å²) >= 11 is 0. The largest absolute Gasteiger partial charge is 0.495 e. The fourth-order valence-electron chi connectivity index (χ4n) is 1.89. The molecule has 0 atom stereocenters. The Balaban J connectivity index is 2.87. The number of nitrogens with two attached hydrogens (primary N) is 1. The lowest BCUT2D eigenvalue weighted by Crippen LogP contribution is -1.97. The number of nitrogens with zero attached hydrogens (tertiary/aromatic N) is 2. The lowest BCUT2D eigenvalue weighted by atomic mass is 10.1. The minimum atomic E-state index is -2.56. The number of hydrogen-bond donors (Lipinski definition) is 1. The van der Waals surface area contributed by atoms with Gasteiger partial charge in [-0.3, -0.25) is 4.68 Å². The summed E-state index contributed by atoms with van der Waals surface area (Å²) < 4.78 is 58.7. The van der Waals surface area contributed by atoms with E-state index in [1.165, 1.54) is 19.2 Å². The van der Waals surface area contributed by atoms with Gasteiger partial charge in [-0.1, -0.05) is 0 Å². The van der Waals surface area contributed by atoms with Crippen LogP contribution in [0.2, 0.25) is 0 Å². The SMILES string of the molecule is [2H]C([2H])([2H])n1nc(N)c2c(OC)c(C(OC)=C(F)F)ccc21. The van der Waals surface area contributed by atoms with Crippen LogP contribution in [-0.2, 0) is 11.7 Å². The molecule has 7 heteroatoms. The molecule has 102 valence electrons. The van der Waals surface area contributed by atoms with E-state index >= 15 is 0 Å². The summed E-state index contributed by atoms with van der Waals surface area (Å²) in [4.78, 5) is 0. The molecule has 2 rings (SSSR count). The number of aromatic nitrogens is 2. The zero-order valence-electron chi connectivity index (χ0n) is 13.2. The van der Waals surface area contributed by atoms with Crippen LogP contribution < -0.4 is 10.5 Å². The number of ether oxygens (including phenoxy) is 2. The summed E-state index contributed by atoms with van der Waals surface area (Å²) in [5.41, 5.74) is 5.83. The molecule has 0 saturated heterocycles. The average molecular weight is 272 g/mol. The summed E-state index contributed by atoms with van der Waals surface area (Å²) in [5, 5.41) is 3.88. The number of anilines is 1. The highest BCUT2D eigenvalue weighted by Crippen LogP contribution is 2.38. The second-order valence-electron chi connectivity index (χ2n) is 3.63. The van der Waals surface area contributed by atoms with Crippen LogP contribution in [0.3, 0.4) is 0 Å². The number of hydrogen-bond acceptors (Lipinski definition) is 4. The predicted octanol–water partition coefficient (Wildman–Crippen LogP) is 2.38. The number of halogens is 2. The van der Waals surface area contributed by atoms with E-state index in [0.717, 1.165) is 11.8 Å². The van der Waals surface area contributed by atoms with E-state index in [9.17, 15) is 8.78 Å². The van der Waals surface area contributed by atoms with Crippen LogP contribution >= 0.6 is 0 Å². The van der Waals surface area contributed by atoms with E-state index in [2.05, 4.69) is 9.84 Å². The van der Waals surface area contributed by atoms with Crippen LogP contribution in [0.4, 0.5) is 14.6 Å². The highest BCUT2D eigenvalue weighted by Gasteiger charge is 2.21. The van der Waals surface area contributed by atoms with Crippen molar-refractivity contribution in [2.75, 3.05) is 20.0 Å². The molecule has 1 aromatic heterocycles. The topological polar surface area (TPSA) is 62.3 Å². The Morgan fingerprint density at radius 2 is 2.16 bits per heavy atom. The van der Waals surface area contributed by atoms with Crippen LogP contribution in [0.15, 0.2) is 18.2 Å². The van der Waals surface area contributed by atoms with Crippen molar-refractivity contribution in [2.45, 2.75) is 0 Å². The quantitative estimate of drug-likeness (QED) is 0.871. The Hall–Kier alpha value is -2.31. The predicted molar refractivity (Wildman–Crippen MR) is 67.8 cm³/mol. The Labute approximate surface area is 112 Å². The first-order valence-electron chi connectivity index (χ1n) is 6.67. The van der Waals surface area contributed by atoms with Gasteiger partial charge in [0.15, 0.2) is 11.6 Å². The number of aryl methyl sites for hydroxylation is 1. The summed E-state index contributed by atoms with van der Waals surface area (Å²) in [6, 6.07) is 2.59. The van der Waals surface area contributed by atoms with Gasteiger partial charge in [-0.15, -0.1) is 0 Å². The molecule has 2 aromatic rings. The van der Waals surface area contributed by atoms with Crippen LogP contribution in [0.1, 0.15) is 9.68 Å². The fourth-order valence-corrected chi connectivity index (χ4v) is 1.89. The highest BCUT2D eigenvalue weighted by molar-refractivity contribution is 5.98. The number of fused-ring (bicyclic) bond motifs is 1. The van der Waals surface area contributed by atoms with Gasteiger partial charge in [-0.2, -0.15) is 13.9 Å². The second kappa shape index (κ2) is 4.75. The maximum atomic E-state index is 13.0. The molecule has 0 bridgehead atoms. The van der Waals surface area contributed by atoms with Gasteiger partial charge in [0.25, 0.3) is 0 Å². The molecule has 0 fully saturated rings.